The summed E-state index contributed by atoms with van der Waals surface area (Å²) in [7, 11) is -3.55. The number of nitrogens with two attached hydrogens (primary N) is 1. The van der Waals surface area contributed by atoms with E-state index in [0.717, 1.165) is 19.6 Å². The number of anilines is 1. The fraction of sp³-hybridized carbons (Fsp3) is 0.645. The van der Waals surface area contributed by atoms with Gasteiger partial charge in [0.25, 0.3) is 0 Å². The van der Waals surface area contributed by atoms with Crippen LogP contribution in [0, 0.1) is 17.2 Å². The molecule has 0 radical (unpaired) electrons. The summed E-state index contributed by atoms with van der Waals surface area (Å²) < 4.78 is 50.0. The number of benzene rings is 1. The van der Waals surface area contributed by atoms with Crippen LogP contribution >= 0.6 is 0 Å². The molecular weight excluding hydrogens is 573 g/mol. The van der Waals surface area contributed by atoms with E-state index in [9.17, 15) is 18.3 Å². The molecule has 1 aliphatic carbocycles. The Bertz CT molecular complexity index is 1490. The van der Waals surface area contributed by atoms with Crippen LogP contribution in [0.15, 0.2) is 17.0 Å². The number of rotatable bonds is 8. The first kappa shape index (κ1) is 30.5. The van der Waals surface area contributed by atoms with Gasteiger partial charge in [-0.2, -0.15) is 0 Å². The number of hydrogen-bond acceptors (Lipinski definition) is 8. The first-order valence-electron chi connectivity index (χ1n) is 15.5. The molecule has 2 aromatic rings. The van der Waals surface area contributed by atoms with Crippen LogP contribution < -0.4 is 16.4 Å². The zero-order chi connectivity index (χ0) is 30.5. The number of likely N-dealkylation sites (tertiary alicyclic amines) is 1. The van der Waals surface area contributed by atoms with Crippen LogP contribution in [0.25, 0.3) is 5.69 Å². The Morgan fingerprint density at radius 2 is 1.88 bits per heavy atom. The number of carbonyl (C=O) groups excluding carboxylic acids is 1. The number of amides is 1. The number of aromatic nitrogens is 1. The number of carbonyl (C=O) groups is 1. The molecule has 3 aliphatic heterocycles. The van der Waals surface area contributed by atoms with Gasteiger partial charge < -0.3 is 35.7 Å². The van der Waals surface area contributed by atoms with Gasteiger partial charge >= 0.3 is 0 Å². The van der Waals surface area contributed by atoms with Crippen molar-refractivity contribution < 1.29 is 27.4 Å². The highest BCUT2D eigenvalue weighted by Crippen LogP contribution is 2.44. The van der Waals surface area contributed by atoms with E-state index in [2.05, 4.69) is 15.5 Å². The molecule has 1 aromatic heterocycles. The lowest BCUT2D eigenvalue weighted by Crippen LogP contribution is -2.39. The second-order valence-electron chi connectivity index (χ2n) is 13.5. The second-order valence-corrected chi connectivity index (χ2v) is 15.4. The molecule has 1 aromatic carbocycles. The summed E-state index contributed by atoms with van der Waals surface area (Å²) >= 11 is 0. The summed E-state index contributed by atoms with van der Waals surface area (Å²) in [6, 6.07) is 3.03. The third-order valence-corrected chi connectivity index (χ3v) is 11.8. The number of aliphatic hydroxyl groups is 1. The third-order valence-electron chi connectivity index (χ3n) is 9.50. The van der Waals surface area contributed by atoms with Gasteiger partial charge in [-0.25, -0.2) is 12.8 Å². The smallest absolute Gasteiger partial charge is 0.223 e. The van der Waals surface area contributed by atoms with Crippen molar-refractivity contribution in [1.82, 2.24) is 14.8 Å². The predicted octanol–water partition coefficient (Wildman–Crippen LogP) is 3.13. The average molecular weight is 618 g/mol. The Morgan fingerprint density at radius 3 is 2.58 bits per heavy atom. The Kier molecular flexibility index (Phi) is 8.36. The highest BCUT2D eigenvalue weighted by atomic mass is 32.2. The molecule has 1 amide bonds. The van der Waals surface area contributed by atoms with Crippen molar-refractivity contribution in [2.45, 2.75) is 89.2 Å². The van der Waals surface area contributed by atoms with Gasteiger partial charge in [0.1, 0.15) is 12.0 Å². The van der Waals surface area contributed by atoms with Crippen LogP contribution in [0.3, 0.4) is 0 Å². The van der Waals surface area contributed by atoms with Gasteiger partial charge in [0.05, 0.1) is 40.8 Å². The van der Waals surface area contributed by atoms with Crippen molar-refractivity contribution >= 4 is 21.4 Å². The zero-order valence-electron chi connectivity index (χ0n) is 25.1. The standard InChI is InChI=1S/C31H44FN5O5S/c1-31(2)15-25-28(43(40,41)18-31)22-16-42-17-26(22)37(25)21-13-23(32)27(29(33)38)24(14-21)35-20-7-5-19(6-8-20)30(39)34-9-12-36-10-3-4-11-36/h13-14,19-20,29,35,38H,3-12,15-18,33H2,1-2H3,(H,34,39). The normalized spacial score (nSPS) is 25.2. The first-order chi connectivity index (χ1) is 20.4. The van der Waals surface area contributed by atoms with Crippen molar-refractivity contribution in [3.8, 4) is 5.69 Å². The molecule has 6 rings (SSSR count). The number of halogens is 1. The Morgan fingerprint density at radius 1 is 1.16 bits per heavy atom. The number of aliphatic hydroxyl groups excluding tert-OH is 1. The Hall–Kier alpha value is -2.51. The third kappa shape index (κ3) is 6.09. The summed E-state index contributed by atoms with van der Waals surface area (Å²) in [6.07, 6.45) is 4.27. The molecule has 12 heteroatoms. The SMILES string of the molecule is CC1(C)Cc2c(c3c(n2-c2cc(F)c(C(N)O)c(NC4CCC(C(=O)NCCN5CCCC5)CC4)c2)COC3)S(=O)(=O)C1. The zero-order valence-corrected chi connectivity index (χ0v) is 25.9. The monoisotopic (exact) mass is 617 g/mol. The lowest BCUT2D eigenvalue weighted by atomic mass is 9.85. The molecule has 1 saturated heterocycles. The van der Waals surface area contributed by atoms with Gasteiger partial charge in [-0.05, 0) is 75.6 Å². The van der Waals surface area contributed by atoms with Crippen LogP contribution in [-0.2, 0) is 39.0 Å². The van der Waals surface area contributed by atoms with Gasteiger partial charge in [-0.1, -0.05) is 13.8 Å². The van der Waals surface area contributed by atoms with Crippen molar-refractivity contribution in [1.29, 1.82) is 0 Å². The topological polar surface area (TPSA) is 139 Å². The molecule has 4 aliphatic rings. The molecule has 43 heavy (non-hydrogen) atoms. The number of fused-ring (bicyclic) bond motifs is 3. The molecule has 236 valence electrons. The molecule has 5 N–H and O–H groups in total. The summed E-state index contributed by atoms with van der Waals surface area (Å²) in [6.45, 7) is 8.05. The Balaban J connectivity index is 1.23. The maximum absolute atomic E-state index is 15.7. The van der Waals surface area contributed by atoms with E-state index in [1.807, 2.05) is 18.4 Å². The van der Waals surface area contributed by atoms with Crippen LogP contribution in [0.4, 0.5) is 10.1 Å². The van der Waals surface area contributed by atoms with E-state index in [1.54, 1.807) is 6.07 Å². The van der Waals surface area contributed by atoms with E-state index >= 15 is 4.39 Å². The fourth-order valence-electron chi connectivity index (χ4n) is 7.54. The van der Waals surface area contributed by atoms with E-state index in [1.165, 1.54) is 18.9 Å². The lowest BCUT2D eigenvalue weighted by Gasteiger charge is -2.32. The average Bonchev–Trinajstić information content (AvgIpc) is 3.65. The van der Waals surface area contributed by atoms with E-state index in [-0.39, 0.29) is 42.4 Å². The molecule has 1 atom stereocenters. The second kappa shape index (κ2) is 11.8. The molecular formula is C31H44FN5O5S. The van der Waals surface area contributed by atoms with Crippen LogP contribution in [-0.4, -0.2) is 66.9 Å². The van der Waals surface area contributed by atoms with Crippen LogP contribution in [0.5, 0.6) is 0 Å². The van der Waals surface area contributed by atoms with E-state index in [4.69, 9.17) is 10.5 Å². The number of nitrogens with one attached hydrogen (secondary N) is 2. The Labute approximate surface area is 253 Å². The van der Waals surface area contributed by atoms with Gasteiger partial charge in [0.2, 0.25) is 5.91 Å². The van der Waals surface area contributed by atoms with E-state index < -0.39 is 27.3 Å². The molecule has 4 heterocycles. The van der Waals surface area contributed by atoms with Crippen molar-refractivity contribution in [3.63, 3.8) is 0 Å². The lowest BCUT2D eigenvalue weighted by molar-refractivity contribution is -0.126. The maximum atomic E-state index is 15.7. The summed E-state index contributed by atoms with van der Waals surface area (Å²) in [5.74, 6) is -0.593. The summed E-state index contributed by atoms with van der Waals surface area (Å²) in [4.78, 5) is 15.5. The number of ether oxygens (including phenoxy) is 1. The summed E-state index contributed by atoms with van der Waals surface area (Å²) in [5, 5.41) is 16.8. The first-order valence-corrected chi connectivity index (χ1v) is 17.2. The molecule has 2 fully saturated rings. The minimum absolute atomic E-state index is 0.0345. The van der Waals surface area contributed by atoms with Crippen molar-refractivity contribution in [2.24, 2.45) is 17.1 Å². The molecule has 0 bridgehead atoms. The quantitative estimate of drug-likeness (QED) is 0.332. The van der Waals surface area contributed by atoms with Gasteiger partial charge in [0, 0.05) is 42.0 Å². The number of sulfone groups is 1. The number of nitrogens with zero attached hydrogens (tertiary/aromatic N) is 2. The maximum Gasteiger partial charge on any atom is 0.223 e. The molecule has 0 spiro atoms. The van der Waals surface area contributed by atoms with Gasteiger partial charge in [0.15, 0.2) is 9.84 Å². The highest BCUT2D eigenvalue weighted by molar-refractivity contribution is 7.91. The fourth-order valence-corrected chi connectivity index (χ4v) is 9.89. The largest absolute Gasteiger partial charge is 0.382 e. The molecule has 10 nitrogen and oxygen atoms in total. The predicted molar refractivity (Wildman–Crippen MR) is 161 cm³/mol. The number of hydrogen-bond donors (Lipinski definition) is 4. The minimum Gasteiger partial charge on any atom is -0.382 e. The summed E-state index contributed by atoms with van der Waals surface area (Å²) in [5.41, 5.74) is 8.16. The van der Waals surface area contributed by atoms with Crippen LogP contribution in [0.2, 0.25) is 0 Å². The van der Waals surface area contributed by atoms with Crippen LogP contribution in [0.1, 0.15) is 81.1 Å². The van der Waals surface area contributed by atoms with Crippen molar-refractivity contribution in [3.05, 3.63) is 40.5 Å². The van der Waals surface area contributed by atoms with Gasteiger partial charge in [-0.15, -0.1) is 0 Å². The van der Waals surface area contributed by atoms with Crippen molar-refractivity contribution in [2.75, 3.05) is 37.2 Å². The molecule has 1 unspecified atom stereocenters. The molecule has 1 saturated carbocycles. The van der Waals surface area contributed by atoms with E-state index in [0.29, 0.717) is 71.9 Å². The highest BCUT2D eigenvalue weighted by Gasteiger charge is 2.43. The minimum atomic E-state index is -3.55. The van der Waals surface area contributed by atoms with Gasteiger partial charge in [-0.3, -0.25) is 4.79 Å².